The highest BCUT2D eigenvalue weighted by Gasteiger charge is 2.44. The Morgan fingerprint density at radius 1 is 1.00 bits per heavy atom. The van der Waals surface area contributed by atoms with Gasteiger partial charge in [0.1, 0.15) is 0 Å². The van der Waals surface area contributed by atoms with Crippen LogP contribution in [0.15, 0.2) is 18.2 Å². The van der Waals surface area contributed by atoms with E-state index in [1.165, 1.54) is 11.6 Å². The van der Waals surface area contributed by atoms with Gasteiger partial charge >= 0.3 is 0 Å². The number of benzene rings is 1. The highest BCUT2D eigenvalue weighted by molar-refractivity contribution is 7.04. The van der Waals surface area contributed by atoms with Crippen LogP contribution in [0, 0.1) is 0 Å². The van der Waals surface area contributed by atoms with E-state index in [-0.39, 0.29) is 5.41 Å². The molecule has 1 aliphatic heterocycles. The normalized spacial score (nSPS) is 24.9. The molecule has 2 rings (SSSR count). The summed E-state index contributed by atoms with van der Waals surface area (Å²) in [6, 6.07) is 8.94. The van der Waals surface area contributed by atoms with Gasteiger partial charge in [-0.25, -0.2) is 0 Å². The van der Waals surface area contributed by atoms with Crippen LogP contribution < -0.4 is 10.4 Å². The van der Waals surface area contributed by atoms with Gasteiger partial charge in [-0.05, 0) is 16.5 Å². The van der Waals surface area contributed by atoms with E-state index >= 15 is 0 Å². The molecule has 1 unspecified atom stereocenters. The Kier molecular flexibility index (Phi) is 3.42. The number of fused-ring (bicyclic) bond motifs is 1. The van der Waals surface area contributed by atoms with Gasteiger partial charge in [0.05, 0.1) is 16.1 Å². The van der Waals surface area contributed by atoms with E-state index in [1.807, 2.05) is 0 Å². The molecule has 19 heavy (non-hydrogen) atoms. The van der Waals surface area contributed by atoms with Crippen LogP contribution in [0.1, 0.15) is 33.3 Å². The third kappa shape index (κ3) is 2.49. The summed E-state index contributed by atoms with van der Waals surface area (Å²) in [6.07, 6.45) is 0. The predicted octanol–water partition coefficient (Wildman–Crippen LogP) is 4.22. The maximum absolute atomic E-state index is 2.58. The molecule has 0 amide bonds. The summed E-state index contributed by atoms with van der Waals surface area (Å²) in [5, 5.41) is 3.53. The summed E-state index contributed by atoms with van der Waals surface area (Å²) in [5.41, 5.74) is 2.72. The standard InChI is InChI=1S/C17H30Si2/c1-13-12-18(5,6)15-10-9-14(17(2,3)4)11-16(15)19(13,7)8/h9-11,13H,12H2,1-8H3. The smallest absolute Gasteiger partial charge is 0.0654 e. The van der Waals surface area contributed by atoms with Gasteiger partial charge < -0.3 is 0 Å². The van der Waals surface area contributed by atoms with E-state index in [2.05, 4.69) is 72.1 Å². The molecular weight excluding hydrogens is 260 g/mol. The summed E-state index contributed by atoms with van der Waals surface area (Å²) in [6.45, 7) is 19.8. The molecule has 0 saturated carbocycles. The molecule has 106 valence electrons. The molecule has 1 aromatic carbocycles. The van der Waals surface area contributed by atoms with Crippen molar-refractivity contribution in [2.75, 3.05) is 0 Å². The SMILES string of the molecule is CC1C[Si](C)(C)c2ccc(C(C)(C)C)cc2[Si]1(C)C. The molecule has 0 N–H and O–H groups in total. The lowest BCUT2D eigenvalue weighted by atomic mass is 9.87. The Morgan fingerprint density at radius 3 is 2.11 bits per heavy atom. The molecular formula is C17H30Si2. The van der Waals surface area contributed by atoms with Gasteiger partial charge in [0.2, 0.25) is 0 Å². The lowest BCUT2D eigenvalue weighted by Gasteiger charge is -2.45. The van der Waals surface area contributed by atoms with Crippen molar-refractivity contribution >= 4 is 26.5 Å². The van der Waals surface area contributed by atoms with Gasteiger partial charge in [-0.1, -0.05) is 88.5 Å². The lowest BCUT2D eigenvalue weighted by molar-refractivity contribution is 0.591. The molecule has 1 aliphatic rings. The Labute approximate surface area is 121 Å². The van der Waals surface area contributed by atoms with Gasteiger partial charge in [-0.3, -0.25) is 0 Å². The first-order valence-electron chi connectivity index (χ1n) is 7.62. The van der Waals surface area contributed by atoms with Crippen LogP contribution in [0.4, 0.5) is 0 Å². The van der Waals surface area contributed by atoms with Crippen molar-refractivity contribution in [3.8, 4) is 0 Å². The lowest BCUT2D eigenvalue weighted by Crippen LogP contribution is -2.65. The van der Waals surface area contributed by atoms with Gasteiger partial charge in [0.25, 0.3) is 0 Å². The third-order valence-electron chi connectivity index (χ3n) is 5.36. The maximum atomic E-state index is 2.58. The van der Waals surface area contributed by atoms with Crippen molar-refractivity contribution in [1.29, 1.82) is 0 Å². The molecule has 0 spiro atoms. The second-order valence-corrected chi connectivity index (χ2v) is 18.4. The largest absolute Gasteiger partial charge is 0.0830 e. The zero-order valence-corrected chi connectivity index (χ0v) is 16.0. The van der Waals surface area contributed by atoms with Crippen LogP contribution >= 0.6 is 0 Å². The maximum Gasteiger partial charge on any atom is 0.0830 e. The minimum absolute atomic E-state index is 0.270. The third-order valence-corrected chi connectivity index (χ3v) is 14.0. The molecule has 0 aliphatic carbocycles. The summed E-state index contributed by atoms with van der Waals surface area (Å²) < 4.78 is 0. The number of hydrogen-bond acceptors (Lipinski definition) is 0. The first kappa shape index (κ1) is 15.1. The first-order valence-corrected chi connectivity index (χ1v) is 13.9. The van der Waals surface area contributed by atoms with E-state index in [4.69, 9.17) is 0 Å². The Bertz CT molecular complexity index is 492. The molecule has 1 heterocycles. The fourth-order valence-electron chi connectivity index (χ4n) is 3.53. The van der Waals surface area contributed by atoms with E-state index in [1.54, 1.807) is 10.4 Å². The van der Waals surface area contributed by atoms with Crippen LogP contribution in [0.2, 0.25) is 37.8 Å². The van der Waals surface area contributed by atoms with Crippen LogP contribution in [0.3, 0.4) is 0 Å². The highest BCUT2D eigenvalue weighted by Crippen LogP contribution is 2.35. The molecule has 0 aromatic heterocycles. The van der Waals surface area contributed by atoms with Crippen molar-refractivity contribution in [3.05, 3.63) is 23.8 Å². The van der Waals surface area contributed by atoms with Crippen LogP contribution in [0.5, 0.6) is 0 Å². The van der Waals surface area contributed by atoms with Gasteiger partial charge in [-0.2, -0.15) is 0 Å². The van der Waals surface area contributed by atoms with Crippen molar-refractivity contribution in [3.63, 3.8) is 0 Å². The van der Waals surface area contributed by atoms with E-state index in [9.17, 15) is 0 Å². The van der Waals surface area contributed by atoms with E-state index < -0.39 is 16.1 Å². The number of rotatable bonds is 0. The monoisotopic (exact) mass is 290 g/mol. The molecule has 0 saturated heterocycles. The molecule has 0 nitrogen and oxygen atoms in total. The highest BCUT2D eigenvalue weighted by atomic mass is 28.3. The van der Waals surface area contributed by atoms with Crippen molar-refractivity contribution in [2.24, 2.45) is 0 Å². The fraction of sp³-hybridized carbons (Fsp3) is 0.647. The van der Waals surface area contributed by atoms with Crippen LogP contribution in [-0.4, -0.2) is 16.1 Å². The Hall–Kier alpha value is -0.346. The summed E-state index contributed by atoms with van der Waals surface area (Å²) >= 11 is 0. The topological polar surface area (TPSA) is 0 Å². The van der Waals surface area contributed by atoms with Gasteiger partial charge in [0, 0.05) is 0 Å². The second-order valence-electron chi connectivity index (χ2n) is 8.72. The van der Waals surface area contributed by atoms with Crippen LogP contribution in [-0.2, 0) is 5.41 Å². The van der Waals surface area contributed by atoms with Crippen molar-refractivity contribution in [2.45, 2.75) is 70.9 Å². The molecule has 2 heteroatoms. The quantitative estimate of drug-likeness (QED) is 0.628. The average molecular weight is 291 g/mol. The summed E-state index contributed by atoms with van der Waals surface area (Å²) in [5.74, 6) is 0. The molecule has 0 radical (unpaired) electrons. The van der Waals surface area contributed by atoms with Gasteiger partial charge in [-0.15, -0.1) is 0 Å². The first-order chi connectivity index (χ1) is 8.46. The van der Waals surface area contributed by atoms with Crippen LogP contribution in [0.25, 0.3) is 0 Å². The Morgan fingerprint density at radius 2 is 1.58 bits per heavy atom. The molecule has 1 atom stereocenters. The molecule has 0 fully saturated rings. The minimum atomic E-state index is -1.28. The summed E-state index contributed by atoms with van der Waals surface area (Å²) in [7, 11) is -2.49. The molecule has 1 aromatic rings. The Balaban J connectivity index is 2.67. The zero-order valence-electron chi connectivity index (χ0n) is 14.0. The second kappa shape index (κ2) is 4.32. The minimum Gasteiger partial charge on any atom is -0.0654 e. The molecule has 0 bridgehead atoms. The fourth-order valence-corrected chi connectivity index (χ4v) is 14.0. The predicted molar refractivity (Wildman–Crippen MR) is 93.6 cm³/mol. The van der Waals surface area contributed by atoms with E-state index in [0.29, 0.717) is 0 Å². The van der Waals surface area contributed by atoms with Crippen molar-refractivity contribution < 1.29 is 0 Å². The van der Waals surface area contributed by atoms with E-state index in [0.717, 1.165) is 5.54 Å². The number of hydrogen-bond donors (Lipinski definition) is 0. The average Bonchev–Trinajstić information content (AvgIpc) is 2.24. The zero-order chi connectivity index (χ0) is 14.6. The summed E-state index contributed by atoms with van der Waals surface area (Å²) in [4.78, 5) is 0. The van der Waals surface area contributed by atoms with Crippen molar-refractivity contribution in [1.82, 2.24) is 0 Å². The van der Waals surface area contributed by atoms with Gasteiger partial charge in [0.15, 0.2) is 0 Å².